The number of nitrogens with one attached hydrogen (secondary N) is 2. The zero-order valence-corrected chi connectivity index (χ0v) is 32.1. The highest BCUT2D eigenvalue weighted by Gasteiger charge is 2.35. The molecule has 1 aliphatic carbocycles. The summed E-state index contributed by atoms with van der Waals surface area (Å²) in [6.07, 6.45) is 9.59. The maximum Gasteiger partial charge on any atom is 0.329 e. The number of imide groups is 1. The van der Waals surface area contributed by atoms with E-state index in [4.69, 9.17) is 9.97 Å². The number of anilines is 4. The number of fused-ring (bicyclic) bond motifs is 2. The maximum absolute atomic E-state index is 13.5. The van der Waals surface area contributed by atoms with Crippen LogP contribution in [0.25, 0.3) is 22.1 Å². The minimum absolute atomic E-state index is 0.0313. The maximum atomic E-state index is 13.5. The standard InChI is InChI=1S/C40H48N12O4/c1-46(2)38(55)32-21-25-22-42-39(45-36(25)51(32)26-7-4-5-8-26)43-33-13-11-27(23-41-33)48-17-19-49(20-18-48)28-15-16-50(24-28)29-9-6-10-30-35(29)47(3)40(56)52(30)31-12-14-34(53)44-37(31)54/h6,9-11,13,21-23,26,28,31H,4-5,7-8,12,14-20,24H2,1-3H3,(H,44,53,54)(H,41,42,43,45)/t28-,31+/m1/s1. The molecule has 3 amide bonds. The van der Waals surface area contributed by atoms with Gasteiger partial charge in [0.05, 0.1) is 28.6 Å². The van der Waals surface area contributed by atoms with Gasteiger partial charge in [0, 0.05) is 90.5 Å². The topological polar surface area (TPSA) is 159 Å². The number of amides is 3. The van der Waals surface area contributed by atoms with Gasteiger partial charge in [0.1, 0.15) is 23.2 Å². The average molecular weight is 761 g/mol. The van der Waals surface area contributed by atoms with Crippen LogP contribution in [0.4, 0.5) is 23.1 Å². The molecule has 7 heterocycles. The first-order valence-corrected chi connectivity index (χ1v) is 19.7. The fraction of sp³-hybridized carbons (Fsp3) is 0.475. The molecule has 0 unspecified atom stereocenters. The second-order valence-electron chi connectivity index (χ2n) is 15.8. The summed E-state index contributed by atoms with van der Waals surface area (Å²) in [5.74, 6) is 0.349. The Labute approximate surface area is 324 Å². The molecule has 4 fully saturated rings. The second kappa shape index (κ2) is 14.4. The Morgan fingerprint density at radius 2 is 1.68 bits per heavy atom. The quantitative estimate of drug-likeness (QED) is 0.223. The molecule has 0 radical (unpaired) electrons. The molecule has 16 heteroatoms. The number of aryl methyl sites for hydroxylation is 1. The normalized spacial score (nSPS) is 21.1. The molecule has 9 rings (SSSR count). The summed E-state index contributed by atoms with van der Waals surface area (Å²) in [6.45, 7) is 5.36. The van der Waals surface area contributed by atoms with Crippen molar-refractivity contribution in [1.29, 1.82) is 0 Å². The Hall–Kier alpha value is -5.77. The molecule has 1 aromatic carbocycles. The predicted molar refractivity (Wildman–Crippen MR) is 214 cm³/mol. The van der Waals surface area contributed by atoms with E-state index >= 15 is 0 Å². The summed E-state index contributed by atoms with van der Waals surface area (Å²) in [6, 6.07) is 11.8. The van der Waals surface area contributed by atoms with E-state index in [2.05, 4.69) is 47.0 Å². The van der Waals surface area contributed by atoms with Crippen molar-refractivity contribution in [2.45, 2.75) is 63.1 Å². The number of rotatable bonds is 8. The molecule has 16 nitrogen and oxygen atoms in total. The van der Waals surface area contributed by atoms with Crippen LogP contribution in [0.2, 0.25) is 0 Å². The van der Waals surface area contributed by atoms with Crippen LogP contribution < -0.4 is 26.1 Å². The summed E-state index contributed by atoms with van der Waals surface area (Å²) in [7, 11) is 5.31. The minimum Gasteiger partial charge on any atom is -0.368 e. The van der Waals surface area contributed by atoms with Gasteiger partial charge < -0.3 is 24.6 Å². The summed E-state index contributed by atoms with van der Waals surface area (Å²) >= 11 is 0. The third-order valence-corrected chi connectivity index (χ3v) is 12.2. The lowest BCUT2D eigenvalue weighted by atomic mass is 10.1. The molecule has 4 aliphatic rings. The van der Waals surface area contributed by atoms with Gasteiger partial charge in [-0.05, 0) is 56.0 Å². The number of hydrogen-bond acceptors (Lipinski definition) is 11. The fourth-order valence-electron chi connectivity index (χ4n) is 9.26. The number of benzene rings is 1. The first kappa shape index (κ1) is 35.9. The van der Waals surface area contributed by atoms with Crippen LogP contribution in [-0.4, -0.2) is 116 Å². The van der Waals surface area contributed by atoms with Gasteiger partial charge in [-0.25, -0.2) is 14.8 Å². The number of imidazole rings is 1. The molecule has 56 heavy (non-hydrogen) atoms. The van der Waals surface area contributed by atoms with Crippen LogP contribution in [-0.2, 0) is 16.6 Å². The Morgan fingerprint density at radius 1 is 0.875 bits per heavy atom. The summed E-state index contributed by atoms with van der Waals surface area (Å²) in [4.78, 5) is 74.2. The van der Waals surface area contributed by atoms with Gasteiger partial charge in [-0.15, -0.1) is 0 Å². The highest BCUT2D eigenvalue weighted by Crippen LogP contribution is 2.36. The SMILES string of the molecule is CN(C)C(=O)c1cc2cnc(Nc3ccc(N4CCN([C@@H]5CCN(c6cccc7c6n(C)c(=O)n7[C@H]6CCC(=O)NC6=O)C5)CC4)cn3)nc2n1C1CCCC1. The number of hydrogen-bond donors (Lipinski definition) is 2. The van der Waals surface area contributed by atoms with Gasteiger partial charge >= 0.3 is 5.69 Å². The molecule has 4 aromatic heterocycles. The first-order chi connectivity index (χ1) is 27.1. The van der Waals surface area contributed by atoms with Gasteiger partial charge in [0.25, 0.3) is 5.91 Å². The van der Waals surface area contributed by atoms with E-state index < -0.39 is 11.9 Å². The third kappa shape index (κ3) is 6.34. The zero-order chi connectivity index (χ0) is 38.7. The Morgan fingerprint density at radius 3 is 2.41 bits per heavy atom. The summed E-state index contributed by atoms with van der Waals surface area (Å²) < 4.78 is 5.31. The molecule has 3 aliphatic heterocycles. The van der Waals surface area contributed by atoms with Gasteiger partial charge in [-0.2, -0.15) is 4.98 Å². The largest absolute Gasteiger partial charge is 0.368 e. The smallest absolute Gasteiger partial charge is 0.329 e. The lowest BCUT2D eigenvalue weighted by Gasteiger charge is -2.39. The molecule has 0 spiro atoms. The molecule has 2 N–H and O–H groups in total. The number of aromatic nitrogens is 6. The van der Waals surface area contributed by atoms with E-state index in [1.165, 1.54) is 0 Å². The van der Waals surface area contributed by atoms with Crippen molar-refractivity contribution in [2.75, 3.05) is 68.5 Å². The van der Waals surface area contributed by atoms with E-state index in [1.54, 1.807) is 41.4 Å². The zero-order valence-electron chi connectivity index (χ0n) is 32.1. The second-order valence-corrected chi connectivity index (χ2v) is 15.8. The number of pyridine rings is 1. The number of carbonyl (C=O) groups excluding carboxylic acids is 3. The Kier molecular flexibility index (Phi) is 9.22. The van der Waals surface area contributed by atoms with Crippen molar-refractivity contribution in [2.24, 2.45) is 7.05 Å². The number of piperidine rings is 1. The average Bonchev–Trinajstić information content (AvgIpc) is 4.02. The van der Waals surface area contributed by atoms with Crippen LogP contribution in [0.3, 0.4) is 0 Å². The van der Waals surface area contributed by atoms with Crippen molar-refractivity contribution in [3.63, 3.8) is 0 Å². The fourth-order valence-corrected chi connectivity index (χ4v) is 9.26. The lowest BCUT2D eigenvalue weighted by Crippen LogP contribution is -2.51. The van der Waals surface area contributed by atoms with Crippen molar-refractivity contribution in [3.8, 4) is 0 Å². The molecule has 3 saturated heterocycles. The number of para-hydroxylation sites is 1. The Bertz CT molecular complexity index is 2380. The number of nitrogens with zero attached hydrogens (tertiary/aromatic N) is 10. The van der Waals surface area contributed by atoms with E-state index in [-0.39, 0.29) is 30.0 Å². The van der Waals surface area contributed by atoms with Crippen molar-refractivity contribution in [1.82, 2.24) is 43.8 Å². The summed E-state index contributed by atoms with van der Waals surface area (Å²) in [5.41, 5.74) is 4.76. The molecular formula is C40H48N12O4. The summed E-state index contributed by atoms with van der Waals surface area (Å²) in [5, 5.41) is 6.53. The first-order valence-electron chi connectivity index (χ1n) is 19.7. The van der Waals surface area contributed by atoms with Gasteiger partial charge in [0.15, 0.2) is 0 Å². The van der Waals surface area contributed by atoms with Crippen molar-refractivity contribution in [3.05, 3.63) is 65.0 Å². The molecule has 0 bridgehead atoms. The monoisotopic (exact) mass is 760 g/mol. The molecular weight excluding hydrogens is 713 g/mol. The molecule has 2 atom stereocenters. The predicted octanol–water partition coefficient (Wildman–Crippen LogP) is 3.42. The van der Waals surface area contributed by atoms with Crippen LogP contribution in [0, 0.1) is 0 Å². The molecule has 1 saturated carbocycles. The van der Waals surface area contributed by atoms with Crippen LogP contribution in [0.1, 0.15) is 67.5 Å². The number of piperazine rings is 1. The van der Waals surface area contributed by atoms with Gasteiger partial charge in [0.2, 0.25) is 17.8 Å². The van der Waals surface area contributed by atoms with Crippen LogP contribution in [0.5, 0.6) is 0 Å². The number of carbonyl (C=O) groups is 3. The van der Waals surface area contributed by atoms with Crippen LogP contribution >= 0.6 is 0 Å². The van der Waals surface area contributed by atoms with Gasteiger partial charge in [-0.3, -0.25) is 33.7 Å². The van der Waals surface area contributed by atoms with Crippen molar-refractivity contribution >= 4 is 62.9 Å². The van der Waals surface area contributed by atoms with E-state index in [0.29, 0.717) is 35.4 Å². The van der Waals surface area contributed by atoms with Crippen molar-refractivity contribution < 1.29 is 14.4 Å². The third-order valence-electron chi connectivity index (χ3n) is 12.2. The van der Waals surface area contributed by atoms with E-state index in [0.717, 1.165) is 99.3 Å². The van der Waals surface area contributed by atoms with Crippen LogP contribution in [0.15, 0.2) is 53.6 Å². The van der Waals surface area contributed by atoms with E-state index in [9.17, 15) is 19.2 Å². The minimum atomic E-state index is -0.705. The molecule has 292 valence electrons. The highest BCUT2D eigenvalue weighted by molar-refractivity contribution is 6.01. The Balaban J connectivity index is 0.841. The van der Waals surface area contributed by atoms with E-state index in [1.807, 2.05) is 30.5 Å². The lowest BCUT2D eigenvalue weighted by molar-refractivity contribution is -0.135. The highest BCUT2D eigenvalue weighted by atomic mass is 16.2. The van der Waals surface area contributed by atoms with Gasteiger partial charge in [-0.1, -0.05) is 18.9 Å². The molecule has 5 aromatic rings.